The first-order valence-electron chi connectivity index (χ1n) is 16.8. The van der Waals surface area contributed by atoms with Crippen molar-refractivity contribution < 1.29 is 19.1 Å². The second-order valence-corrected chi connectivity index (χ2v) is 13.7. The Morgan fingerprint density at radius 2 is 1.46 bits per heavy atom. The van der Waals surface area contributed by atoms with Crippen molar-refractivity contribution in [2.45, 2.75) is 57.4 Å². The number of methoxy groups -OCH3 is 1. The van der Waals surface area contributed by atoms with E-state index in [4.69, 9.17) is 32.9 Å². The number of hydrogen-bond donors (Lipinski definition) is 4. The number of aromatic nitrogens is 1. The Hall–Kier alpha value is -4.48. The molecule has 3 amide bonds. The summed E-state index contributed by atoms with van der Waals surface area (Å²) in [6.07, 6.45) is 2.80. The van der Waals surface area contributed by atoms with E-state index in [-0.39, 0.29) is 29.8 Å². The van der Waals surface area contributed by atoms with Crippen LogP contribution in [0.5, 0.6) is 5.88 Å². The molecule has 2 saturated heterocycles. The van der Waals surface area contributed by atoms with Crippen LogP contribution in [0.15, 0.2) is 66.7 Å². The van der Waals surface area contributed by atoms with Crippen molar-refractivity contribution in [2.24, 2.45) is 0 Å². The molecule has 2 atom stereocenters. The van der Waals surface area contributed by atoms with Gasteiger partial charge in [-0.15, -0.1) is 0 Å². The molecule has 3 aliphatic rings. The Morgan fingerprint density at radius 3 is 2.14 bits per heavy atom. The molecule has 3 aromatic carbocycles. The van der Waals surface area contributed by atoms with Gasteiger partial charge in [0, 0.05) is 78.9 Å². The smallest absolute Gasteiger partial charge is 0.258 e. The lowest BCUT2D eigenvalue weighted by Gasteiger charge is -2.20. The highest BCUT2D eigenvalue weighted by atomic mass is 35.5. The SMILES string of the molecule is COc1nc(-c2cccc(-c3cccc(N4Cc5ccc(CNC[C@H]6CCC(=O)N6)cc5C4=O)c3Cl)c2Cl)ccc1CNC[C@@H]1CCC(=O)N1. The van der Waals surface area contributed by atoms with E-state index in [9.17, 15) is 14.4 Å². The number of pyridine rings is 1. The molecule has 4 N–H and O–H groups in total. The highest BCUT2D eigenvalue weighted by Crippen LogP contribution is 2.43. The summed E-state index contributed by atoms with van der Waals surface area (Å²) in [7, 11) is 1.59. The van der Waals surface area contributed by atoms with Crippen LogP contribution in [0.4, 0.5) is 5.69 Å². The van der Waals surface area contributed by atoms with Crippen LogP contribution in [0.3, 0.4) is 0 Å². The summed E-state index contributed by atoms with van der Waals surface area (Å²) in [5.41, 5.74) is 6.89. The summed E-state index contributed by atoms with van der Waals surface area (Å²) < 4.78 is 5.64. The van der Waals surface area contributed by atoms with Gasteiger partial charge in [-0.25, -0.2) is 4.98 Å². The Kier molecular flexibility index (Phi) is 10.1. The number of carbonyl (C=O) groups excluding carboxylic acids is 3. The van der Waals surface area contributed by atoms with Crippen molar-refractivity contribution >= 4 is 46.6 Å². The summed E-state index contributed by atoms with van der Waals surface area (Å²) in [6.45, 7) is 2.90. The number of fused-ring (bicyclic) bond motifs is 1. The third-order valence-electron chi connectivity index (χ3n) is 9.54. The molecule has 0 bridgehead atoms. The van der Waals surface area contributed by atoms with Gasteiger partial charge in [0.05, 0.1) is 35.1 Å². The number of rotatable bonds is 12. The van der Waals surface area contributed by atoms with Crippen molar-refractivity contribution in [3.8, 4) is 28.3 Å². The average molecular weight is 714 g/mol. The quantitative estimate of drug-likeness (QED) is 0.150. The zero-order valence-corrected chi connectivity index (χ0v) is 29.2. The van der Waals surface area contributed by atoms with Crippen molar-refractivity contribution in [2.75, 3.05) is 25.1 Å². The largest absolute Gasteiger partial charge is 0.481 e. The van der Waals surface area contributed by atoms with Gasteiger partial charge in [0.15, 0.2) is 0 Å². The fourth-order valence-electron chi connectivity index (χ4n) is 6.89. The van der Waals surface area contributed by atoms with Crippen LogP contribution in [0.1, 0.15) is 52.7 Å². The maximum absolute atomic E-state index is 13.7. The van der Waals surface area contributed by atoms with Crippen LogP contribution >= 0.6 is 23.2 Å². The molecule has 2 fully saturated rings. The molecule has 12 heteroatoms. The monoisotopic (exact) mass is 712 g/mol. The van der Waals surface area contributed by atoms with Gasteiger partial charge in [0.1, 0.15) is 0 Å². The van der Waals surface area contributed by atoms with Gasteiger partial charge in [0.25, 0.3) is 5.91 Å². The molecule has 7 rings (SSSR count). The molecule has 0 saturated carbocycles. The Bertz CT molecular complexity index is 1970. The molecule has 258 valence electrons. The molecule has 0 unspecified atom stereocenters. The predicted molar refractivity (Wildman–Crippen MR) is 194 cm³/mol. The van der Waals surface area contributed by atoms with Gasteiger partial charge in [-0.05, 0) is 42.2 Å². The number of benzene rings is 3. The normalized spacial score (nSPS) is 18.4. The maximum Gasteiger partial charge on any atom is 0.258 e. The molecule has 0 spiro atoms. The molecule has 1 aromatic heterocycles. The first kappa shape index (κ1) is 34.0. The lowest BCUT2D eigenvalue weighted by Crippen LogP contribution is -2.35. The number of carbonyl (C=O) groups is 3. The topological polar surface area (TPSA) is 125 Å². The number of ether oxygens (including phenoxy) is 1. The van der Waals surface area contributed by atoms with Gasteiger partial charge in [0.2, 0.25) is 17.7 Å². The molecule has 10 nitrogen and oxygen atoms in total. The van der Waals surface area contributed by atoms with Crippen LogP contribution in [0, 0.1) is 0 Å². The fourth-order valence-corrected chi connectivity index (χ4v) is 7.54. The third kappa shape index (κ3) is 7.07. The lowest BCUT2D eigenvalue weighted by molar-refractivity contribution is -0.120. The highest BCUT2D eigenvalue weighted by molar-refractivity contribution is 6.39. The Balaban J connectivity index is 1.07. The number of hydrogen-bond acceptors (Lipinski definition) is 7. The first-order chi connectivity index (χ1) is 24.3. The summed E-state index contributed by atoms with van der Waals surface area (Å²) in [5.74, 6) is 0.566. The van der Waals surface area contributed by atoms with Crippen LogP contribution in [0.25, 0.3) is 22.4 Å². The summed E-state index contributed by atoms with van der Waals surface area (Å²) >= 11 is 14.2. The Morgan fingerprint density at radius 1 is 0.800 bits per heavy atom. The van der Waals surface area contributed by atoms with E-state index in [0.29, 0.717) is 84.0 Å². The summed E-state index contributed by atoms with van der Waals surface area (Å²) in [5, 5.41) is 13.6. The molecule has 0 aliphatic carbocycles. The number of halogens is 2. The van der Waals surface area contributed by atoms with E-state index in [0.717, 1.165) is 40.7 Å². The van der Waals surface area contributed by atoms with Gasteiger partial charge in [-0.3, -0.25) is 14.4 Å². The second-order valence-electron chi connectivity index (χ2n) is 12.9. The molecule has 3 aliphatic heterocycles. The van der Waals surface area contributed by atoms with Crippen LogP contribution < -0.4 is 30.9 Å². The lowest BCUT2D eigenvalue weighted by atomic mass is 10.00. The Labute approximate surface area is 300 Å². The molecule has 50 heavy (non-hydrogen) atoms. The first-order valence-corrected chi connectivity index (χ1v) is 17.6. The molecule has 4 aromatic rings. The average Bonchev–Trinajstić information content (AvgIpc) is 3.83. The number of nitrogens with one attached hydrogen (secondary N) is 4. The van der Waals surface area contributed by atoms with Crippen molar-refractivity contribution in [3.05, 3.63) is 99.0 Å². The predicted octanol–water partition coefficient (Wildman–Crippen LogP) is 5.63. The summed E-state index contributed by atoms with van der Waals surface area (Å²) in [6, 6.07) is 21.5. The van der Waals surface area contributed by atoms with Crippen molar-refractivity contribution in [1.82, 2.24) is 26.3 Å². The minimum absolute atomic E-state index is 0.0924. The van der Waals surface area contributed by atoms with Crippen molar-refractivity contribution in [1.29, 1.82) is 0 Å². The zero-order chi connectivity index (χ0) is 34.8. The van der Waals surface area contributed by atoms with Gasteiger partial charge in [-0.1, -0.05) is 71.7 Å². The molecule has 0 radical (unpaired) electrons. The van der Waals surface area contributed by atoms with Crippen LogP contribution in [0.2, 0.25) is 10.0 Å². The van der Waals surface area contributed by atoms with E-state index < -0.39 is 0 Å². The van der Waals surface area contributed by atoms with Crippen molar-refractivity contribution in [3.63, 3.8) is 0 Å². The maximum atomic E-state index is 13.7. The van der Waals surface area contributed by atoms with Crippen LogP contribution in [-0.4, -0.2) is 55.0 Å². The molecular formula is C38H38Cl2N6O4. The minimum Gasteiger partial charge on any atom is -0.481 e. The summed E-state index contributed by atoms with van der Waals surface area (Å²) in [4.78, 5) is 43.2. The van der Waals surface area contributed by atoms with E-state index in [2.05, 4.69) is 21.3 Å². The van der Waals surface area contributed by atoms with E-state index in [1.165, 1.54) is 0 Å². The van der Waals surface area contributed by atoms with Gasteiger partial charge < -0.3 is 30.9 Å². The minimum atomic E-state index is -0.109. The van der Waals surface area contributed by atoms with E-state index >= 15 is 0 Å². The highest BCUT2D eigenvalue weighted by Gasteiger charge is 2.31. The standard InChI is InChI=1S/C38H38Cl2N6O4/c1-50-37-23(18-42-20-26-12-15-34(48)44-26)10-13-31(45-37)29-6-2-4-27(35(29)39)28-5-3-7-32(36(28)40)46-21-24-9-8-22(16-30(24)38(46)49)17-41-19-25-11-14-33(47)43-25/h2-10,13,16,25-26,41-42H,11-12,14-15,17-21H2,1H3,(H,43,47)(H,44,48)/t25-,26+/m1/s1. The number of anilines is 1. The fraction of sp³-hybridized carbons (Fsp3) is 0.316. The molecular weight excluding hydrogens is 675 g/mol. The molecule has 4 heterocycles. The third-order valence-corrected chi connectivity index (χ3v) is 10.3. The van der Waals surface area contributed by atoms with Gasteiger partial charge >= 0.3 is 0 Å². The van der Waals surface area contributed by atoms with E-state index in [1.807, 2.05) is 66.7 Å². The number of amides is 3. The number of nitrogens with zero attached hydrogens (tertiary/aromatic N) is 2. The second kappa shape index (κ2) is 14.8. The zero-order valence-electron chi connectivity index (χ0n) is 27.7. The van der Waals surface area contributed by atoms with Gasteiger partial charge in [-0.2, -0.15) is 0 Å². The van der Waals surface area contributed by atoms with Crippen LogP contribution in [-0.2, 0) is 29.2 Å². The van der Waals surface area contributed by atoms with E-state index in [1.54, 1.807) is 12.0 Å².